The van der Waals surface area contributed by atoms with Gasteiger partial charge in [0.2, 0.25) is 5.91 Å². The van der Waals surface area contributed by atoms with Gasteiger partial charge in [0, 0.05) is 13.1 Å². The van der Waals surface area contributed by atoms with Gasteiger partial charge in [-0.25, -0.2) is 4.68 Å². The summed E-state index contributed by atoms with van der Waals surface area (Å²) in [5.74, 6) is 0.868. The number of carbonyl (C=O) groups excluding carboxylic acids is 1. The van der Waals surface area contributed by atoms with Crippen molar-refractivity contribution in [3.8, 4) is 11.5 Å². The molecule has 0 unspecified atom stereocenters. The highest BCUT2D eigenvalue weighted by atomic mass is 16.3. The summed E-state index contributed by atoms with van der Waals surface area (Å²) in [7, 11) is 0. The summed E-state index contributed by atoms with van der Waals surface area (Å²) in [5, 5.41) is 4.29. The number of likely N-dealkylation sites (tertiary alicyclic amines) is 1. The number of amides is 1. The smallest absolute Gasteiger partial charge is 0.290 e. The quantitative estimate of drug-likeness (QED) is 0.927. The standard InChI is InChI=1S/C17H22N4O3/c1-11-5-3-7-20(10-11)16(22)12(2)21-17(23)13(18)9-14(19-21)15-6-4-8-24-15/h4,6,8-9,11-12H,3,5,7,10,18H2,1-2H3/t11-,12+/m1/s1. The van der Waals surface area contributed by atoms with Crippen molar-refractivity contribution in [1.82, 2.24) is 14.7 Å². The molecule has 7 heteroatoms. The molecule has 2 aromatic heterocycles. The van der Waals surface area contributed by atoms with Crippen molar-refractivity contribution >= 4 is 11.6 Å². The molecule has 1 amide bonds. The highest BCUT2D eigenvalue weighted by Crippen LogP contribution is 2.21. The van der Waals surface area contributed by atoms with Crippen molar-refractivity contribution < 1.29 is 9.21 Å². The fourth-order valence-corrected chi connectivity index (χ4v) is 3.10. The van der Waals surface area contributed by atoms with Gasteiger partial charge in [-0.15, -0.1) is 0 Å². The molecule has 2 N–H and O–H groups in total. The van der Waals surface area contributed by atoms with Crippen molar-refractivity contribution in [2.45, 2.75) is 32.7 Å². The number of piperidine rings is 1. The van der Waals surface area contributed by atoms with Crippen LogP contribution in [-0.2, 0) is 4.79 Å². The van der Waals surface area contributed by atoms with Crippen LogP contribution in [0.3, 0.4) is 0 Å². The van der Waals surface area contributed by atoms with E-state index in [2.05, 4.69) is 12.0 Å². The first-order chi connectivity index (χ1) is 11.5. The first-order valence-corrected chi connectivity index (χ1v) is 8.19. The molecule has 1 saturated heterocycles. The topological polar surface area (TPSA) is 94.4 Å². The second-order valence-corrected chi connectivity index (χ2v) is 6.42. The van der Waals surface area contributed by atoms with E-state index in [9.17, 15) is 9.59 Å². The van der Waals surface area contributed by atoms with Gasteiger partial charge in [0.15, 0.2) is 5.76 Å². The lowest BCUT2D eigenvalue weighted by Gasteiger charge is -2.32. The largest absolute Gasteiger partial charge is 0.463 e. The summed E-state index contributed by atoms with van der Waals surface area (Å²) in [6.07, 6.45) is 3.63. The Balaban J connectivity index is 1.93. The number of nitrogens with two attached hydrogens (primary N) is 1. The summed E-state index contributed by atoms with van der Waals surface area (Å²) in [4.78, 5) is 26.9. The maximum Gasteiger partial charge on any atom is 0.290 e. The maximum atomic E-state index is 12.8. The van der Waals surface area contributed by atoms with Gasteiger partial charge in [0.25, 0.3) is 5.56 Å². The molecular formula is C17H22N4O3. The summed E-state index contributed by atoms with van der Waals surface area (Å²) < 4.78 is 6.47. The minimum absolute atomic E-state index is 0.0445. The average Bonchev–Trinajstić information content (AvgIpc) is 3.10. The summed E-state index contributed by atoms with van der Waals surface area (Å²) in [5.41, 5.74) is 5.84. The number of carbonyl (C=O) groups is 1. The molecule has 3 heterocycles. The van der Waals surface area contributed by atoms with Crippen molar-refractivity contribution in [2.24, 2.45) is 5.92 Å². The molecule has 0 aromatic carbocycles. The SMILES string of the molecule is C[C@@H]1CCCN(C(=O)[C@H](C)n2nc(-c3ccco3)cc(N)c2=O)C1. The predicted octanol–water partition coefficient (Wildman–Crippen LogP) is 1.90. The van der Waals surface area contributed by atoms with Gasteiger partial charge in [0.1, 0.15) is 17.4 Å². The average molecular weight is 330 g/mol. The third-order valence-electron chi connectivity index (χ3n) is 4.43. The molecule has 0 spiro atoms. The van der Waals surface area contributed by atoms with Crippen molar-refractivity contribution in [2.75, 3.05) is 18.8 Å². The Labute approximate surface area is 140 Å². The Morgan fingerprint density at radius 3 is 2.96 bits per heavy atom. The van der Waals surface area contributed by atoms with Crippen LogP contribution < -0.4 is 11.3 Å². The van der Waals surface area contributed by atoms with E-state index in [1.165, 1.54) is 12.3 Å². The Morgan fingerprint density at radius 2 is 2.29 bits per heavy atom. The Kier molecular flexibility index (Phi) is 4.42. The van der Waals surface area contributed by atoms with Gasteiger partial charge >= 0.3 is 0 Å². The molecule has 7 nitrogen and oxygen atoms in total. The third-order valence-corrected chi connectivity index (χ3v) is 4.43. The molecule has 0 saturated carbocycles. The minimum atomic E-state index is -0.708. The van der Waals surface area contributed by atoms with Crippen LogP contribution in [0.2, 0.25) is 0 Å². The number of nitrogen functional groups attached to an aromatic ring is 1. The zero-order valence-corrected chi connectivity index (χ0v) is 13.9. The molecule has 2 atom stereocenters. The van der Waals surface area contributed by atoms with Gasteiger partial charge in [-0.3, -0.25) is 9.59 Å². The van der Waals surface area contributed by atoms with Gasteiger partial charge in [-0.2, -0.15) is 5.10 Å². The van der Waals surface area contributed by atoms with Crippen molar-refractivity contribution in [1.29, 1.82) is 0 Å². The Morgan fingerprint density at radius 1 is 1.50 bits per heavy atom. The van der Waals surface area contributed by atoms with Crippen LogP contribution in [0.25, 0.3) is 11.5 Å². The number of furan rings is 1. The molecule has 0 bridgehead atoms. The van der Waals surface area contributed by atoms with Crippen LogP contribution in [0, 0.1) is 5.92 Å². The number of rotatable bonds is 3. The first-order valence-electron chi connectivity index (χ1n) is 8.19. The number of nitrogens with zero attached hydrogens (tertiary/aromatic N) is 3. The third kappa shape index (κ3) is 3.06. The van der Waals surface area contributed by atoms with Crippen molar-refractivity contribution in [3.63, 3.8) is 0 Å². The van der Waals surface area contributed by atoms with E-state index in [0.717, 1.165) is 24.1 Å². The molecule has 0 aliphatic carbocycles. The first kappa shape index (κ1) is 16.3. The molecule has 1 aliphatic rings. The van der Waals surface area contributed by atoms with E-state index in [0.29, 0.717) is 23.9 Å². The summed E-state index contributed by atoms with van der Waals surface area (Å²) >= 11 is 0. The zero-order valence-electron chi connectivity index (χ0n) is 13.9. The molecule has 3 rings (SSSR count). The monoisotopic (exact) mass is 330 g/mol. The lowest BCUT2D eigenvalue weighted by molar-refractivity contribution is -0.136. The number of anilines is 1. The molecule has 0 radical (unpaired) electrons. The normalized spacial score (nSPS) is 19.2. The van der Waals surface area contributed by atoms with E-state index in [-0.39, 0.29) is 11.6 Å². The van der Waals surface area contributed by atoms with Gasteiger partial charge in [-0.1, -0.05) is 6.92 Å². The van der Waals surface area contributed by atoms with Crippen LogP contribution >= 0.6 is 0 Å². The van der Waals surface area contributed by atoms with Crippen LogP contribution in [0.1, 0.15) is 32.7 Å². The molecular weight excluding hydrogens is 308 g/mol. The number of hydrogen-bond acceptors (Lipinski definition) is 5. The van der Waals surface area contributed by atoms with E-state index in [1.807, 2.05) is 4.90 Å². The molecule has 24 heavy (non-hydrogen) atoms. The highest BCUT2D eigenvalue weighted by molar-refractivity contribution is 5.80. The maximum absolute atomic E-state index is 12.8. The Hall–Kier alpha value is -2.57. The molecule has 128 valence electrons. The van der Waals surface area contributed by atoms with Crippen molar-refractivity contribution in [3.05, 3.63) is 34.8 Å². The number of aromatic nitrogens is 2. The van der Waals surface area contributed by atoms with E-state index in [4.69, 9.17) is 10.2 Å². The predicted molar refractivity (Wildman–Crippen MR) is 90.3 cm³/mol. The fraction of sp³-hybridized carbons (Fsp3) is 0.471. The van der Waals surface area contributed by atoms with Gasteiger partial charge < -0.3 is 15.1 Å². The summed E-state index contributed by atoms with van der Waals surface area (Å²) in [6.45, 7) is 5.24. The molecule has 1 fully saturated rings. The van der Waals surface area contributed by atoms with E-state index in [1.54, 1.807) is 19.1 Å². The zero-order chi connectivity index (χ0) is 17.3. The Bertz CT molecular complexity index is 782. The summed E-state index contributed by atoms with van der Waals surface area (Å²) in [6, 6.07) is 4.22. The second kappa shape index (κ2) is 6.51. The lowest BCUT2D eigenvalue weighted by atomic mass is 10.00. The van der Waals surface area contributed by atoms with Crippen LogP contribution in [-0.4, -0.2) is 33.7 Å². The molecule has 2 aromatic rings. The minimum Gasteiger partial charge on any atom is -0.463 e. The number of hydrogen-bond donors (Lipinski definition) is 1. The van der Waals surface area contributed by atoms with Gasteiger partial charge in [0.05, 0.1) is 6.26 Å². The van der Waals surface area contributed by atoms with E-state index < -0.39 is 11.6 Å². The lowest BCUT2D eigenvalue weighted by Crippen LogP contribution is -2.44. The molecule has 1 aliphatic heterocycles. The van der Waals surface area contributed by atoms with Crippen LogP contribution in [0.15, 0.2) is 33.7 Å². The van der Waals surface area contributed by atoms with Gasteiger partial charge in [-0.05, 0) is 43.9 Å². The highest BCUT2D eigenvalue weighted by Gasteiger charge is 2.28. The van der Waals surface area contributed by atoms with Crippen LogP contribution in [0.5, 0.6) is 0 Å². The fourth-order valence-electron chi connectivity index (χ4n) is 3.10. The van der Waals surface area contributed by atoms with E-state index >= 15 is 0 Å². The second-order valence-electron chi connectivity index (χ2n) is 6.42. The van der Waals surface area contributed by atoms with Crippen LogP contribution in [0.4, 0.5) is 5.69 Å².